The van der Waals surface area contributed by atoms with E-state index in [1.54, 1.807) is 0 Å². The molecular formula is C21H35IN4O2. The number of guanidine groups is 1. The van der Waals surface area contributed by atoms with Crippen LogP contribution < -0.4 is 5.32 Å². The standard InChI is InChI=1S/C21H34N4O2.HI/c1-5-24(6-2)16-18-9-7-17(8-10-18)15-23-21(22-3)25-13-11-19(12-14-25)20(26)27-4;/h7-10,19H,5-6,11-16H2,1-4H3,(H,22,23);1H. The number of hydrogen-bond acceptors (Lipinski definition) is 4. The van der Waals surface area contributed by atoms with Gasteiger partial charge in [-0.1, -0.05) is 38.1 Å². The first-order chi connectivity index (χ1) is 13.1. The molecule has 1 aromatic carbocycles. The molecule has 1 heterocycles. The highest BCUT2D eigenvalue weighted by atomic mass is 127. The zero-order valence-corrected chi connectivity index (χ0v) is 19.9. The molecule has 1 aromatic rings. The normalized spacial score (nSPS) is 15.3. The van der Waals surface area contributed by atoms with Crippen LogP contribution in [0.2, 0.25) is 0 Å². The summed E-state index contributed by atoms with van der Waals surface area (Å²) in [4.78, 5) is 20.7. The zero-order valence-electron chi connectivity index (χ0n) is 17.6. The molecule has 28 heavy (non-hydrogen) atoms. The molecule has 0 aromatic heterocycles. The number of carbonyl (C=O) groups is 1. The predicted octanol–water partition coefficient (Wildman–Crippen LogP) is 3.11. The highest BCUT2D eigenvalue weighted by Gasteiger charge is 2.26. The van der Waals surface area contributed by atoms with E-state index in [4.69, 9.17) is 4.74 Å². The number of piperidine rings is 1. The molecule has 0 saturated carbocycles. The Bertz CT molecular complexity index is 609. The molecule has 0 atom stereocenters. The molecule has 0 spiro atoms. The zero-order chi connectivity index (χ0) is 19.6. The Morgan fingerprint density at radius 2 is 1.75 bits per heavy atom. The van der Waals surface area contributed by atoms with Crippen LogP contribution in [0.25, 0.3) is 0 Å². The van der Waals surface area contributed by atoms with Crippen molar-refractivity contribution in [3.05, 3.63) is 35.4 Å². The lowest BCUT2D eigenvalue weighted by Crippen LogP contribution is -2.46. The van der Waals surface area contributed by atoms with Gasteiger partial charge in [0.25, 0.3) is 0 Å². The van der Waals surface area contributed by atoms with Crippen LogP contribution in [0.5, 0.6) is 0 Å². The fourth-order valence-corrected chi connectivity index (χ4v) is 3.47. The summed E-state index contributed by atoms with van der Waals surface area (Å²) in [7, 11) is 3.27. The minimum absolute atomic E-state index is 0. The van der Waals surface area contributed by atoms with Crippen LogP contribution in [-0.4, -0.2) is 62.1 Å². The summed E-state index contributed by atoms with van der Waals surface area (Å²) in [5.74, 6) is 0.815. The average molecular weight is 502 g/mol. The average Bonchev–Trinajstić information content (AvgIpc) is 2.73. The molecule has 0 unspecified atom stereocenters. The molecule has 1 saturated heterocycles. The third-order valence-electron chi connectivity index (χ3n) is 5.32. The van der Waals surface area contributed by atoms with Crippen molar-refractivity contribution in [2.45, 2.75) is 39.8 Å². The Morgan fingerprint density at radius 1 is 1.18 bits per heavy atom. The third-order valence-corrected chi connectivity index (χ3v) is 5.32. The van der Waals surface area contributed by atoms with Gasteiger partial charge in [0.1, 0.15) is 0 Å². The highest BCUT2D eigenvalue weighted by Crippen LogP contribution is 2.18. The molecule has 1 fully saturated rings. The molecule has 1 aliphatic heterocycles. The number of nitrogens with one attached hydrogen (secondary N) is 1. The summed E-state index contributed by atoms with van der Waals surface area (Å²) < 4.78 is 4.86. The smallest absolute Gasteiger partial charge is 0.308 e. The van der Waals surface area contributed by atoms with Crippen molar-refractivity contribution in [1.82, 2.24) is 15.1 Å². The van der Waals surface area contributed by atoms with E-state index in [2.05, 4.69) is 58.2 Å². The van der Waals surface area contributed by atoms with Crippen LogP contribution in [0, 0.1) is 5.92 Å². The number of benzene rings is 1. The Morgan fingerprint density at radius 3 is 2.25 bits per heavy atom. The van der Waals surface area contributed by atoms with Crippen LogP contribution in [-0.2, 0) is 22.6 Å². The van der Waals surface area contributed by atoms with Crippen LogP contribution in [0.4, 0.5) is 0 Å². The van der Waals surface area contributed by atoms with Gasteiger partial charge in [-0.25, -0.2) is 0 Å². The number of nitrogens with zero attached hydrogens (tertiary/aromatic N) is 3. The first kappa shape index (κ1) is 24.7. The summed E-state index contributed by atoms with van der Waals surface area (Å²) in [6.45, 7) is 9.92. The molecule has 7 heteroatoms. The molecule has 0 aliphatic carbocycles. The lowest BCUT2D eigenvalue weighted by Gasteiger charge is -2.33. The second-order valence-electron chi connectivity index (χ2n) is 6.96. The number of carbonyl (C=O) groups excluding carboxylic acids is 1. The number of likely N-dealkylation sites (tertiary alicyclic amines) is 1. The topological polar surface area (TPSA) is 57.2 Å². The second-order valence-corrected chi connectivity index (χ2v) is 6.96. The number of hydrogen-bond donors (Lipinski definition) is 1. The molecular weight excluding hydrogens is 467 g/mol. The maximum absolute atomic E-state index is 11.7. The first-order valence-corrected chi connectivity index (χ1v) is 9.94. The fraction of sp³-hybridized carbons (Fsp3) is 0.619. The summed E-state index contributed by atoms with van der Waals surface area (Å²) in [5.41, 5.74) is 2.58. The van der Waals surface area contributed by atoms with Crippen molar-refractivity contribution in [2.75, 3.05) is 40.3 Å². The van der Waals surface area contributed by atoms with Gasteiger partial charge in [-0.3, -0.25) is 14.7 Å². The van der Waals surface area contributed by atoms with Gasteiger partial charge in [0.2, 0.25) is 0 Å². The Kier molecular flexibility index (Phi) is 11.4. The molecule has 158 valence electrons. The Labute approximate surface area is 186 Å². The summed E-state index contributed by atoms with van der Waals surface area (Å²) in [5, 5.41) is 3.45. The molecule has 1 aliphatic rings. The number of esters is 1. The second kappa shape index (κ2) is 13.0. The van der Waals surface area contributed by atoms with Crippen molar-refractivity contribution in [1.29, 1.82) is 0 Å². The van der Waals surface area contributed by atoms with Crippen molar-refractivity contribution >= 4 is 35.9 Å². The van der Waals surface area contributed by atoms with E-state index in [1.807, 2.05) is 7.05 Å². The van der Waals surface area contributed by atoms with Gasteiger partial charge >= 0.3 is 5.97 Å². The van der Waals surface area contributed by atoms with E-state index in [9.17, 15) is 4.79 Å². The number of methoxy groups -OCH3 is 1. The lowest BCUT2D eigenvalue weighted by atomic mass is 9.97. The third kappa shape index (κ3) is 7.24. The highest BCUT2D eigenvalue weighted by molar-refractivity contribution is 14.0. The van der Waals surface area contributed by atoms with E-state index in [1.165, 1.54) is 18.2 Å². The van der Waals surface area contributed by atoms with Gasteiger partial charge in [0, 0.05) is 33.2 Å². The molecule has 6 nitrogen and oxygen atoms in total. The van der Waals surface area contributed by atoms with E-state index in [0.29, 0.717) is 0 Å². The monoisotopic (exact) mass is 502 g/mol. The summed E-state index contributed by atoms with van der Waals surface area (Å²) in [6.07, 6.45) is 1.63. The molecule has 0 amide bonds. The minimum atomic E-state index is -0.0950. The number of rotatable bonds is 7. The van der Waals surface area contributed by atoms with Crippen molar-refractivity contribution in [3.8, 4) is 0 Å². The summed E-state index contributed by atoms with van der Waals surface area (Å²) >= 11 is 0. The number of halogens is 1. The predicted molar refractivity (Wildman–Crippen MR) is 125 cm³/mol. The maximum atomic E-state index is 11.7. The Hall–Kier alpha value is -1.35. The summed E-state index contributed by atoms with van der Waals surface area (Å²) in [6, 6.07) is 8.78. The van der Waals surface area contributed by atoms with Crippen LogP contribution in [0.1, 0.15) is 37.8 Å². The largest absolute Gasteiger partial charge is 0.469 e. The SMILES string of the molecule is CCN(CC)Cc1ccc(CNC(=NC)N2CCC(C(=O)OC)CC2)cc1.I. The van der Waals surface area contributed by atoms with E-state index in [0.717, 1.165) is 58.1 Å². The van der Waals surface area contributed by atoms with Gasteiger partial charge in [0.05, 0.1) is 13.0 Å². The fourth-order valence-electron chi connectivity index (χ4n) is 3.47. The van der Waals surface area contributed by atoms with E-state index in [-0.39, 0.29) is 35.9 Å². The van der Waals surface area contributed by atoms with Gasteiger partial charge < -0.3 is 15.0 Å². The van der Waals surface area contributed by atoms with Gasteiger partial charge in [-0.2, -0.15) is 0 Å². The van der Waals surface area contributed by atoms with Crippen molar-refractivity contribution < 1.29 is 9.53 Å². The van der Waals surface area contributed by atoms with Crippen molar-refractivity contribution in [2.24, 2.45) is 10.9 Å². The van der Waals surface area contributed by atoms with Crippen molar-refractivity contribution in [3.63, 3.8) is 0 Å². The quantitative estimate of drug-likeness (QED) is 0.269. The number of aliphatic imine (C=N–C) groups is 1. The Balaban J connectivity index is 0.00000392. The first-order valence-electron chi connectivity index (χ1n) is 9.94. The van der Waals surface area contributed by atoms with Crippen LogP contribution in [0.3, 0.4) is 0 Å². The number of ether oxygens (including phenoxy) is 1. The van der Waals surface area contributed by atoms with E-state index >= 15 is 0 Å². The lowest BCUT2D eigenvalue weighted by molar-refractivity contribution is -0.146. The van der Waals surface area contributed by atoms with Gasteiger partial charge in [0.15, 0.2) is 5.96 Å². The molecule has 2 rings (SSSR count). The molecule has 0 bridgehead atoms. The molecule has 0 radical (unpaired) electrons. The maximum Gasteiger partial charge on any atom is 0.308 e. The van der Waals surface area contributed by atoms with Gasteiger partial charge in [-0.15, -0.1) is 24.0 Å². The molecule has 1 N–H and O–H groups in total. The van der Waals surface area contributed by atoms with Crippen LogP contribution in [0.15, 0.2) is 29.3 Å². The minimum Gasteiger partial charge on any atom is -0.469 e. The van der Waals surface area contributed by atoms with E-state index < -0.39 is 0 Å². The van der Waals surface area contributed by atoms with Crippen LogP contribution >= 0.6 is 24.0 Å². The van der Waals surface area contributed by atoms with Gasteiger partial charge in [-0.05, 0) is 37.1 Å².